The van der Waals surface area contributed by atoms with Gasteiger partial charge in [0, 0.05) is 25.2 Å². The number of rotatable bonds is 2. The van der Waals surface area contributed by atoms with Gasteiger partial charge in [-0.05, 0) is 32.5 Å². The molecule has 1 aromatic rings. The molecule has 1 aromatic carbocycles. The molecule has 1 unspecified atom stereocenters. The summed E-state index contributed by atoms with van der Waals surface area (Å²) in [5.41, 5.74) is 3.08. The van der Waals surface area contributed by atoms with E-state index in [9.17, 15) is 4.79 Å². The van der Waals surface area contributed by atoms with Crippen LogP contribution in [-0.2, 0) is 0 Å². The third-order valence-corrected chi connectivity index (χ3v) is 3.47. The molecule has 1 saturated heterocycles. The number of Topliss-reactive ketones (excluding diaryl/α,β-unsaturated/α-hetero) is 1. The van der Waals surface area contributed by atoms with Crippen molar-refractivity contribution in [2.24, 2.45) is 0 Å². The monoisotopic (exact) mass is 232 g/mol. The lowest BCUT2D eigenvalue weighted by Gasteiger charge is -2.32. The molecule has 2 rings (SSSR count). The zero-order valence-electron chi connectivity index (χ0n) is 10.8. The van der Waals surface area contributed by atoms with Gasteiger partial charge in [0.15, 0.2) is 5.78 Å². The Kier molecular flexibility index (Phi) is 3.60. The molecule has 0 bridgehead atoms. The second kappa shape index (κ2) is 4.98. The SMILES string of the molecule is Cc1ccc(C)c(C(=O)C2CNCCN2C)c1. The molecule has 17 heavy (non-hydrogen) atoms. The van der Waals surface area contributed by atoms with Gasteiger partial charge in [-0.1, -0.05) is 17.7 Å². The Morgan fingerprint density at radius 2 is 2.18 bits per heavy atom. The first-order chi connectivity index (χ1) is 8.09. The lowest BCUT2D eigenvalue weighted by molar-refractivity contribution is 0.0818. The molecular formula is C14H20N2O. The smallest absolute Gasteiger partial charge is 0.181 e. The van der Waals surface area contributed by atoms with Crippen molar-refractivity contribution in [1.29, 1.82) is 0 Å². The van der Waals surface area contributed by atoms with E-state index in [0.29, 0.717) is 0 Å². The van der Waals surface area contributed by atoms with Gasteiger partial charge in [0.25, 0.3) is 0 Å². The summed E-state index contributed by atoms with van der Waals surface area (Å²) in [6, 6.07) is 6.05. The molecule has 1 N–H and O–H groups in total. The van der Waals surface area contributed by atoms with E-state index in [-0.39, 0.29) is 11.8 Å². The highest BCUT2D eigenvalue weighted by atomic mass is 16.1. The number of hydrogen-bond donors (Lipinski definition) is 1. The van der Waals surface area contributed by atoms with Crippen LogP contribution >= 0.6 is 0 Å². The van der Waals surface area contributed by atoms with Gasteiger partial charge in [-0.15, -0.1) is 0 Å². The van der Waals surface area contributed by atoms with Crippen molar-refractivity contribution in [3.8, 4) is 0 Å². The fraction of sp³-hybridized carbons (Fsp3) is 0.500. The minimum absolute atomic E-state index is 0.0238. The summed E-state index contributed by atoms with van der Waals surface area (Å²) >= 11 is 0. The van der Waals surface area contributed by atoms with Gasteiger partial charge in [-0.2, -0.15) is 0 Å². The van der Waals surface area contributed by atoms with Gasteiger partial charge < -0.3 is 5.32 Å². The van der Waals surface area contributed by atoms with E-state index in [1.54, 1.807) is 0 Å². The average Bonchev–Trinajstić information content (AvgIpc) is 2.32. The van der Waals surface area contributed by atoms with E-state index >= 15 is 0 Å². The molecule has 3 heteroatoms. The fourth-order valence-electron chi connectivity index (χ4n) is 2.28. The lowest BCUT2D eigenvalue weighted by Crippen LogP contribution is -2.53. The second-order valence-electron chi connectivity index (χ2n) is 4.88. The summed E-state index contributed by atoms with van der Waals surface area (Å²) in [6.07, 6.45) is 0. The molecule has 0 radical (unpaired) electrons. The van der Waals surface area contributed by atoms with E-state index < -0.39 is 0 Å². The Balaban J connectivity index is 2.26. The molecular weight excluding hydrogens is 212 g/mol. The third-order valence-electron chi connectivity index (χ3n) is 3.47. The van der Waals surface area contributed by atoms with Gasteiger partial charge in [-0.3, -0.25) is 9.69 Å². The zero-order chi connectivity index (χ0) is 12.4. The van der Waals surface area contributed by atoms with Crippen LogP contribution in [0.1, 0.15) is 21.5 Å². The quantitative estimate of drug-likeness (QED) is 0.782. The highest BCUT2D eigenvalue weighted by Crippen LogP contribution is 2.15. The maximum atomic E-state index is 12.5. The van der Waals surface area contributed by atoms with Gasteiger partial charge in [0.05, 0.1) is 6.04 Å². The number of benzene rings is 1. The molecule has 0 aliphatic carbocycles. The summed E-state index contributed by atoms with van der Waals surface area (Å²) < 4.78 is 0. The van der Waals surface area contributed by atoms with Crippen LogP contribution in [0.2, 0.25) is 0 Å². The van der Waals surface area contributed by atoms with Gasteiger partial charge in [0.1, 0.15) is 0 Å². The predicted molar refractivity (Wildman–Crippen MR) is 69.5 cm³/mol. The first kappa shape index (κ1) is 12.3. The standard InChI is InChI=1S/C14H20N2O/c1-10-4-5-11(2)12(8-10)14(17)13-9-15-6-7-16(13)3/h4-5,8,13,15H,6-7,9H2,1-3H3. The first-order valence-electron chi connectivity index (χ1n) is 6.12. The Labute approximate surface area is 103 Å². The summed E-state index contributed by atoms with van der Waals surface area (Å²) in [4.78, 5) is 14.6. The molecule has 0 amide bonds. The molecule has 1 aliphatic rings. The highest BCUT2D eigenvalue weighted by Gasteiger charge is 2.27. The molecule has 0 spiro atoms. The van der Waals surface area contributed by atoms with E-state index in [0.717, 1.165) is 36.3 Å². The Morgan fingerprint density at radius 3 is 2.88 bits per heavy atom. The molecule has 3 nitrogen and oxygen atoms in total. The van der Waals surface area contributed by atoms with E-state index in [1.165, 1.54) is 0 Å². The molecule has 1 atom stereocenters. The predicted octanol–water partition coefficient (Wildman–Crippen LogP) is 1.39. The van der Waals surface area contributed by atoms with Crippen LogP contribution in [0.5, 0.6) is 0 Å². The number of likely N-dealkylation sites (N-methyl/N-ethyl adjacent to an activating group) is 1. The molecule has 1 heterocycles. The van der Waals surface area contributed by atoms with Crippen molar-refractivity contribution in [3.63, 3.8) is 0 Å². The van der Waals surface area contributed by atoms with Crippen LogP contribution < -0.4 is 5.32 Å². The largest absolute Gasteiger partial charge is 0.313 e. The second-order valence-corrected chi connectivity index (χ2v) is 4.88. The highest BCUT2D eigenvalue weighted by molar-refractivity contribution is 6.01. The van der Waals surface area contributed by atoms with Crippen LogP contribution in [0.4, 0.5) is 0 Å². The van der Waals surface area contributed by atoms with Crippen LogP contribution in [0, 0.1) is 13.8 Å². The number of aryl methyl sites for hydroxylation is 2. The van der Waals surface area contributed by atoms with E-state index in [2.05, 4.69) is 16.3 Å². The molecule has 0 aromatic heterocycles. The Bertz CT molecular complexity index is 428. The minimum Gasteiger partial charge on any atom is -0.313 e. The molecule has 1 aliphatic heterocycles. The number of hydrogen-bond acceptors (Lipinski definition) is 3. The lowest BCUT2D eigenvalue weighted by atomic mass is 9.96. The summed E-state index contributed by atoms with van der Waals surface area (Å²) in [5, 5.41) is 3.29. The topological polar surface area (TPSA) is 32.3 Å². The molecule has 0 saturated carbocycles. The third kappa shape index (κ3) is 2.56. The Morgan fingerprint density at radius 1 is 1.41 bits per heavy atom. The maximum absolute atomic E-state index is 12.5. The van der Waals surface area contributed by atoms with Crippen molar-refractivity contribution in [3.05, 3.63) is 34.9 Å². The van der Waals surface area contributed by atoms with Crippen molar-refractivity contribution in [1.82, 2.24) is 10.2 Å². The molecule has 1 fully saturated rings. The van der Waals surface area contributed by atoms with Crippen molar-refractivity contribution < 1.29 is 4.79 Å². The number of carbonyl (C=O) groups is 1. The number of nitrogens with one attached hydrogen (secondary N) is 1. The Hall–Kier alpha value is -1.19. The summed E-state index contributed by atoms with van der Waals surface area (Å²) in [5.74, 6) is 0.237. The van der Waals surface area contributed by atoms with Crippen molar-refractivity contribution >= 4 is 5.78 Å². The number of carbonyl (C=O) groups excluding carboxylic acids is 1. The number of ketones is 1. The first-order valence-corrected chi connectivity index (χ1v) is 6.12. The fourth-order valence-corrected chi connectivity index (χ4v) is 2.28. The van der Waals surface area contributed by atoms with Gasteiger partial charge in [0.2, 0.25) is 0 Å². The van der Waals surface area contributed by atoms with Crippen LogP contribution in [0.15, 0.2) is 18.2 Å². The van der Waals surface area contributed by atoms with E-state index in [1.807, 2.05) is 33.0 Å². The normalized spacial score (nSPS) is 21.5. The number of piperazine rings is 1. The maximum Gasteiger partial charge on any atom is 0.181 e. The van der Waals surface area contributed by atoms with Crippen LogP contribution in [0.25, 0.3) is 0 Å². The average molecular weight is 232 g/mol. The molecule has 92 valence electrons. The minimum atomic E-state index is -0.0238. The van der Waals surface area contributed by atoms with Crippen LogP contribution in [-0.4, -0.2) is 43.4 Å². The van der Waals surface area contributed by atoms with Crippen molar-refractivity contribution in [2.75, 3.05) is 26.7 Å². The van der Waals surface area contributed by atoms with Gasteiger partial charge >= 0.3 is 0 Å². The number of nitrogens with zero attached hydrogens (tertiary/aromatic N) is 1. The van der Waals surface area contributed by atoms with Crippen LogP contribution in [0.3, 0.4) is 0 Å². The summed E-state index contributed by atoms with van der Waals surface area (Å²) in [6.45, 7) is 6.68. The van der Waals surface area contributed by atoms with Crippen molar-refractivity contribution in [2.45, 2.75) is 19.9 Å². The van der Waals surface area contributed by atoms with E-state index in [4.69, 9.17) is 0 Å². The van der Waals surface area contributed by atoms with Gasteiger partial charge in [-0.25, -0.2) is 0 Å². The summed E-state index contributed by atoms with van der Waals surface area (Å²) in [7, 11) is 2.02. The zero-order valence-corrected chi connectivity index (χ0v) is 10.8.